The monoisotopic (exact) mass is 482 g/mol. The minimum Gasteiger partial charge on any atom is -0.349 e. The molecule has 36 heavy (non-hydrogen) atoms. The highest BCUT2D eigenvalue weighted by atomic mass is 19.1. The molecule has 5 rings (SSSR count). The maximum absolute atomic E-state index is 13.7. The summed E-state index contributed by atoms with van der Waals surface area (Å²) in [6.45, 7) is 3.07. The van der Waals surface area contributed by atoms with Gasteiger partial charge in [0.15, 0.2) is 0 Å². The lowest BCUT2D eigenvalue weighted by molar-refractivity contribution is 0.0699. The molecule has 0 saturated carbocycles. The van der Waals surface area contributed by atoms with Crippen molar-refractivity contribution in [2.45, 2.75) is 25.8 Å². The van der Waals surface area contributed by atoms with E-state index in [1.807, 2.05) is 54.3 Å². The zero-order chi connectivity index (χ0) is 25.1. The van der Waals surface area contributed by atoms with Gasteiger partial charge in [-0.25, -0.2) is 9.07 Å². The molecule has 1 fully saturated rings. The van der Waals surface area contributed by atoms with Crippen LogP contribution < -0.4 is 5.32 Å². The van der Waals surface area contributed by atoms with Crippen LogP contribution in [0.25, 0.3) is 16.9 Å². The predicted molar refractivity (Wildman–Crippen MR) is 137 cm³/mol. The SMILES string of the molecule is Cc1cccc(-c2nn(-c3ccc(F)cc3)cc2C(=O)N2CCC(NC(=O)c3ccccc3)CC2)c1. The predicted octanol–water partition coefficient (Wildman–Crippen LogP) is 5.02. The quantitative estimate of drug-likeness (QED) is 0.434. The van der Waals surface area contributed by atoms with Gasteiger partial charge < -0.3 is 10.2 Å². The number of aryl methyl sites for hydroxylation is 1. The molecule has 0 spiro atoms. The Balaban J connectivity index is 1.35. The molecular weight excluding hydrogens is 455 g/mol. The first-order valence-corrected chi connectivity index (χ1v) is 12.1. The van der Waals surface area contributed by atoms with E-state index in [2.05, 4.69) is 5.32 Å². The minimum absolute atomic E-state index is 0.0138. The Morgan fingerprint density at radius 2 is 1.67 bits per heavy atom. The van der Waals surface area contributed by atoms with Crippen molar-refractivity contribution in [2.75, 3.05) is 13.1 Å². The molecule has 6 nitrogen and oxygen atoms in total. The van der Waals surface area contributed by atoms with Gasteiger partial charge in [-0.1, -0.05) is 42.0 Å². The number of hydrogen-bond donors (Lipinski definition) is 1. The smallest absolute Gasteiger partial charge is 0.257 e. The maximum atomic E-state index is 13.7. The molecule has 0 atom stereocenters. The lowest BCUT2D eigenvalue weighted by Crippen LogP contribution is -2.46. The van der Waals surface area contributed by atoms with E-state index < -0.39 is 0 Å². The summed E-state index contributed by atoms with van der Waals surface area (Å²) in [7, 11) is 0. The Bertz CT molecular complexity index is 1370. The zero-order valence-corrected chi connectivity index (χ0v) is 20.0. The summed E-state index contributed by atoms with van der Waals surface area (Å²) in [6.07, 6.45) is 3.07. The van der Waals surface area contributed by atoms with Gasteiger partial charge in [-0.2, -0.15) is 5.10 Å². The lowest BCUT2D eigenvalue weighted by atomic mass is 10.0. The third-order valence-electron chi connectivity index (χ3n) is 6.48. The van der Waals surface area contributed by atoms with E-state index in [4.69, 9.17) is 5.10 Å². The number of carbonyl (C=O) groups is 2. The third kappa shape index (κ3) is 5.05. The summed E-state index contributed by atoms with van der Waals surface area (Å²) < 4.78 is 15.1. The molecule has 1 aliphatic heterocycles. The summed E-state index contributed by atoms with van der Waals surface area (Å²) >= 11 is 0. The van der Waals surface area contributed by atoms with Crippen molar-refractivity contribution in [1.82, 2.24) is 20.0 Å². The number of nitrogens with zero attached hydrogens (tertiary/aromatic N) is 3. The number of aromatic nitrogens is 2. The van der Waals surface area contributed by atoms with Crippen molar-refractivity contribution >= 4 is 11.8 Å². The van der Waals surface area contributed by atoms with Gasteiger partial charge in [-0.3, -0.25) is 9.59 Å². The van der Waals surface area contributed by atoms with Crippen LogP contribution >= 0.6 is 0 Å². The van der Waals surface area contributed by atoms with Gasteiger partial charge in [0.25, 0.3) is 11.8 Å². The van der Waals surface area contributed by atoms with Crippen molar-refractivity contribution in [3.8, 4) is 16.9 Å². The van der Waals surface area contributed by atoms with Crippen LogP contribution in [-0.4, -0.2) is 45.6 Å². The standard InChI is InChI=1S/C29H27FN4O2/c1-20-6-5-9-22(18-20)27-26(19-34(32-27)25-12-10-23(30)11-13-25)29(36)33-16-14-24(15-17-33)31-28(35)21-7-3-2-4-8-21/h2-13,18-19,24H,14-17H2,1H3,(H,31,35). The fourth-order valence-corrected chi connectivity index (χ4v) is 4.52. The fraction of sp³-hybridized carbons (Fsp3) is 0.207. The van der Waals surface area contributed by atoms with Gasteiger partial charge in [0.2, 0.25) is 0 Å². The minimum atomic E-state index is -0.330. The molecule has 7 heteroatoms. The Hall–Kier alpha value is -4.26. The zero-order valence-electron chi connectivity index (χ0n) is 20.0. The highest BCUT2D eigenvalue weighted by molar-refractivity contribution is 6.00. The summed E-state index contributed by atoms with van der Waals surface area (Å²) in [6, 6.07) is 23.1. The fourth-order valence-electron chi connectivity index (χ4n) is 4.52. The molecular formula is C29H27FN4O2. The molecule has 0 bridgehead atoms. The molecule has 2 heterocycles. The molecule has 0 aliphatic carbocycles. The van der Waals surface area contributed by atoms with Gasteiger partial charge in [0.05, 0.1) is 11.3 Å². The summed E-state index contributed by atoms with van der Waals surface area (Å²) in [5.41, 5.74) is 4.31. The van der Waals surface area contributed by atoms with Crippen molar-refractivity contribution in [3.63, 3.8) is 0 Å². The van der Waals surface area contributed by atoms with E-state index in [1.54, 1.807) is 35.1 Å². The van der Waals surface area contributed by atoms with E-state index >= 15 is 0 Å². The molecule has 3 aromatic carbocycles. The molecule has 1 saturated heterocycles. The van der Waals surface area contributed by atoms with Crippen LogP contribution in [0.3, 0.4) is 0 Å². The largest absolute Gasteiger partial charge is 0.349 e. The molecule has 182 valence electrons. The second-order valence-corrected chi connectivity index (χ2v) is 9.09. The molecule has 0 radical (unpaired) electrons. The summed E-state index contributed by atoms with van der Waals surface area (Å²) in [5, 5.41) is 7.80. The molecule has 4 aromatic rings. The normalized spacial score (nSPS) is 14.0. The number of piperidine rings is 1. The Labute approximate surface area is 209 Å². The molecule has 1 N–H and O–H groups in total. The van der Waals surface area contributed by atoms with Gasteiger partial charge >= 0.3 is 0 Å². The van der Waals surface area contributed by atoms with E-state index in [9.17, 15) is 14.0 Å². The number of nitrogens with one attached hydrogen (secondary N) is 1. The second-order valence-electron chi connectivity index (χ2n) is 9.09. The second kappa shape index (κ2) is 10.2. The Morgan fingerprint density at radius 1 is 0.944 bits per heavy atom. The number of amides is 2. The highest BCUT2D eigenvalue weighted by Crippen LogP contribution is 2.27. The Kier molecular flexibility index (Phi) is 6.62. The lowest BCUT2D eigenvalue weighted by Gasteiger charge is -2.32. The first-order chi connectivity index (χ1) is 17.5. The number of rotatable bonds is 5. The number of halogens is 1. The van der Waals surface area contributed by atoms with Crippen molar-refractivity contribution < 1.29 is 14.0 Å². The van der Waals surface area contributed by atoms with Crippen LogP contribution in [-0.2, 0) is 0 Å². The van der Waals surface area contributed by atoms with Crippen LogP contribution in [0.15, 0.2) is 85.1 Å². The van der Waals surface area contributed by atoms with Gasteiger partial charge in [-0.15, -0.1) is 0 Å². The summed E-state index contributed by atoms with van der Waals surface area (Å²) in [4.78, 5) is 28.0. The maximum Gasteiger partial charge on any atom is 0.257 e. The van der Waals surface area contributed by atoms with Gasteiger partial charge in [0, 0.05) is 36.5 Å². The van der Waals surface area contributed by atoms with Gasteiger partial charge in [-0.05, 0) is 62.2 Å². The number of benzene rings is 3. The number of likely N-dealkylation sites (tertiary alicyclic amines) is 1. The van der Waals surface area contributed by atoms with Crippen molar-refractivity contribution in [2.24, 2.45) is 0 Å². The number of hydrogen-bond acceptors (Lipinski definition) is 3. The van der Waals surface area contributed by atoms with Crippen molar-refractivity contribution in [1.29, 1.82) is 0 Å². The van der Waals surface area contributed by atoms with E-state index in [1.165, 1.54) is 12.1 Å². The molecule has 1 aromatic heterocycles. The van der Waals surface area contributed by atoms with E-state index in [0.717, 1.165) is 11.1 Å². The van der Waals surface area contributed by atoms with E-state index in [0.29, 0.717) is 48.4 Å². The summed E-state index contributed by atoms with van der Waals surface area (Å²) in [5.74, 6) is -0.529. The third-order valence-corrected chi connectivity index (χ3v) is 6.48. The van der Waals surface area contributed by atoms with Crippen molar-refractivity contribution in [3.05, 3.63) is 108 Å². The topological polar surface area (TPSA) is 67.2 Å². The Morgan fingerprint density at radius 3 is 2.36 bits per heavy atom. The highest BCUT2D eigenvalue weighted by Gasteiger charge is 2.28. The first kappa shape index (κ1) is 23.5. The van der Waals surface area contributed by atoms with Crippen LogP contribution in [0.4, 0.5) is 4.39 Å². The van der Waals surface area contributed by atoms with Crippen LogP contribution in [0.2, 0.25) is 0 Å². The van der Waals surface area contributed by atoms with Gasteiger partial charge in [0.1, 0.15) is 11.5 Å². The molecule has 0 unspecified atom stereocenters. The van der Waals surface area contributed by atoms with Crippen LogP contribution in [0.1, 0.15) is 39.1 Å². The average molecular weight is 483 g/mol. The van der Waals surface area contributed by atoms with Crippen LogP contribution in [0.5, 0.6) is 0 Å². The number of carbonyl (C=O) groups excluding carboxylic acids is 2. The molecule has 1 aliphatic rings. The molecule has 2 amide bonds. The first-order valence-electron chi connectivity index (χ1n) is 12.1. The van der Waals surface area contributed by atoms with E-state index in [-0.39, 0.29) is 23.7 Å². The average Bonchev–Trinajstić information content (AvgIpc) is 3.35. The van der Waals surface area contributed by atoms with Crippen LogP contribution in [0, 0.1) is 12.7 Å².